The Balaban J connectivity index is 1.11. The molecule has 39 heavy (non-hydrogen) atoms. The number of nitrogens with two attached hydrogens (primary N) is 1. The number of rotatable bonds is 6. The molecule has 0 amide bonds. The van der Waals surface area contributed by atoms with Gasteiger partial charge in [0.25, 0.3) is 0 Å². The standard InChI is InChI=1S/C28H24ClFN8S/c29-25-22(8-11-32-27(25)38-12-3-10-34-38)39-24-7-6-21-26(36-24)33-14-23(35-21)37-13-9-17-19(15-37)28(17,16-31)18-4-1-2-5-20(18)30/h1-8,10-12,14,17,19H,9,13,15-16,31H2/t17-,19+,28-/m1/s1. The highest BCUT2D eigenvalue weighted by atomic mass is 35.5. The number of nitrogens with zero attached hydrogens (tertiary/aromatic N) is 7. The van der Waals surface area contributed by atoms with Crippen molar-refractivity contribution >= 4 is 40.3 Å². The maximum Gasteiger partial charge on any atom is 0.179 e. The van der Waals surface area contributed by atoms with E-state index in [0.29, 0.717) is 40.4 Å². The maximum atomic E-state index is 14.7. The third-order valence-electron chi connectivity index (χ3n) is 8.00. The van der Waals surface area contributed by atoms with Crippen LogP contribution in [-0.2, 0) is 5.41 Å². The SMILES string of the molecule is NC[C@]1(c2ccccc2F)[C@@H]2CCN(c3cnc4nc(Sc5ccnc(-n6cccn6)c5Cl)ccc4n3)C[C@@H]21. The molecule has 0 spiro atoms. The topological polar surface area (TPSA) is 98.6 Å². The fourth-order valence-electron chi connectivity index (χ4n) is 6.08. The van der Waals surface area contributed by atoms with Crippen LogP contribution in [0.15, 0.2) is 83.2 Å². The van der Waals surface area contributed by atoms with E-state index in [2.05, 4.69) is 20.0 Å². The van der Waals surface area contributed by atoms with Crippen molar-refractivity contribution in [2.75, 3.05) is 24.5 Å². The average molecular weight is 559 g/mol. The van der Waals surface area contributed by atoms with Gasteiger partial charge >= 0.3 is 0 Å². The van der Waals surface area contributed by atoms with Crippen molar-refractivity contribution in [2.45, 2.75) is 21.8 Å². The van der Waals surface area contributed by atoms with Crippen molar-refractivity contribution in [3.05, 3.63) is 89.7 Å². The van der Waals surface area contributed by atoms with Crippen LogP contribution in [0.25, 0.3) is 17.0 Å². The molecule has 3 atom stereocenters. The van der Waals surface area contributed by atoms with Gasteiger partial charge in [0.1, 0.15) is 22.2 Å². The Morgan fingerprint density at radius 1 is 1.05 bits per heavy atom. The van der Waals surface area contributed by atoms with Crippen LogP contribution in [0.5, 0.6) is 0 Å². The predicted octanol–water partition coefficient (Wildman–Crippen LogP) is 4.90. The van der Waals surface area contributed by atoms with Crippen LogP contribution >= 0.6 is 23.4 Å². The summed E-state index contributed by atoms with van der Waals surface area (Å²) in [7, 11) is 0. The fourth-order valence-corrected chi connectivity index (χ4v) is 7.20. The molecular weight excluding hydrogens is 535 g/mol. The fraction of sp³-hybridized carbons (Fsp3) is 0.250. The molecule has 8 nitrogen and oxygen atoms in total. The Labute approximate surface area is 233 Å². The molecule has 0 bridgehead atoms. The van der Waals surface area contributed by atoms with E-state index in [1.807, 2.05) is 36.4 Å². The average Bonchev–Trinajstić information content (AvgIpc) is 3.29. The van der Waals surface area contributed by atoms with Crippen LogP contribution in [0.4, 0.5) is 10.2 Å². The molecule has 2 fully saturated rings. The number of hydrogen-bond acceptors (Lipinski definition) is 8. The van der Waals surface area contributed by atoms with Crippen molar-refractivity contribution < 1.29 is 4.39 Å². The molecule has 2 aliphatic rings. The van der Waals surface area contributed by atoms with E-state index in [0.717, 1.165) is 40.8 Å². The monoisotopic (exact) mass is 558 g/mol. The van der Waals surface area contributed by atoms with Crippen molar-refractivity contribution in [1.29, 1.82) is 0 Å². The van der Waals surface area contributed by atoms with E-state index in [4.69, 9.17) is 27.3 Å². The normalized spacial score (nSPS) is 22.2. The highest BCUT2D eigenvalue weighted by molar-refractivity contribution is 7.99. The lowest BCUT2D eigenvalue weighted by Crippen LogP contribution is -2.32. The van der Waals surface area contributed by atoms with Crippen molar-refractivity contribution in [1.82, 2.24) is 29.7 Å². The summed E-state index contributed by atoms with van der Waals surface area (Å²) < 4.78 is 16.3. The smallest absolute Gasteiger partial charge is 0.179 e. The van der Waals surface area contributed by atoms with Crippen LogP contribution in [0, 0.1) is 17.7 Å². The summed E-state index contributed by atoms with van der Waals surface area (Å²) >= 11 is 8.07. The number of hydrogen-bond donors (Lipinski definition) is 1. The molecule has 1 saturated carbocycles. The Hall–Kier alpha value is -3.60. The third-order valence-corrected chi connectivity index (χ3v) is 9.48. The summed E-state index contributed by atoms with van der Waals surface area (Å²) in [4.78, 5) is 21.6. The molecule has 2 N–H and O–H groups in total. The molecular formula is C28H24ClFN8S. The molecule has 11 heteroatoms. The minimum Gasteiger partial charge on any atom is -0.355 e. The van der Waals surface area contributed by atoms with E-state index >= 15 is 0 Å². The molecule has 1 saturated heterocycles. The van der Waals surface area contributed by atoms with Gasteiger partial charge in [-0.1, -0.05) is 41.6 Å². The molecule has 4 aromatic heterocycles. The first-order chi connectivity index (χ1) is 19.1. The van der Waals surface area contributed by atoms with Crippen LogP contribution < -0.4 is 10.6 Å². The zero-order chi connectivity index (χ0) is 26.6. The Bertz CT molecular complexity index is 1680. The van der Waals surface area contributed by atoms with Gasteiger partial charge in [-0.15, -0.1) is 0 Å². The van der Waals surface area contributed by atoms with Gasteiger partial charge in [0.05, 0.1) is 11.2 Å². The minimum absolute atomic E-state index is 0.167. The van der Waals surface area contributed by atoms with Gasteiger partial charge in [0.15, 0.2) is 11.5 Å². The maximum absolute atomic E-state index is 14.7. The first-order valence-electron chi connectivity index (χ1n) is 12.7. The molecule has 7 rings (SSSR count). The van der Waals surface area contributed by atoms with Crippen molar-refractivity contribution in [3.63, 3.8) is 0 Å². The molecule has 5 aromatic rings. The summed E-state index contributed by atoms with van der Waals surface area (Å²) in [6.45, 7) is 2.05. The Morgan fingerprint density at radius 2 is 1.95 bits per heavy atom. The van der Waals surface area contributed by atoms with Crippen molar-refractivity contribution in [3.8, 4) is 5.82 Å². The first-order valence-corrected chi connectivity index (χ1v) is 13.9. The molecule has 0 unspecified atom stereocenters. The van der Waals surface area contributed by atoms with Crippen molar-refractivity contribution in [2.24, 2.45) is 17.6 Å². The number of aromatic nitrogens is 6. The number of pyridine rings is 2. The van der Waals surface area contributed by atoms with E-state index in [1.54, 1.807) is 35.5 Å². The van der Waals surface area contributed by atoms with E-state index < -0.39 is 0 Å². The zero-order valence-corrected chi connectivity index (χ0v) is 22.4. The van der Waals surface area contributed by atoms with Gasteiger partial charge in [-0.2, -0.15) is 5.10 Å². The summed E-state index contributed by atoms with van der Waals surface area (Å²) in [5, 5.41) is 5.47. The van der Waals surface area contributed by atoms with Crippen LogP contribution in [0.3, 0.4) is 0 Å². The molecule has 0 radical (unpaired) electrons. The van der Waals surface area contributed by atoms with Gasteiger partial charge in [0.2, 0.25) is 0 Å². The summed E-state index contributed by atoms with van der Waals surface area (Å²) in [5.74, 6) is 1.87. The Morgan fingerprint density at radius 3 is 2.77 bits per heavy atom. The second-order valence-corrected chi connectivity index (χ2v) is 11.3. The minimum atomic E-state index is -0.302. The zero-order valence-electron chi connectivity index (χ0n) is 20.8. The van der Waals surface area contributed by atoms with E-state index in [9.17, 15) is 4.39 Å². The second kappa shape index (κ2) is 9.55. The van der Waals surface area contributed by atoms with Gasteiger partial charge in [-0.3, -0.25) is 0 Å². The summed E-state index contributed by atoms with van der Waals surface area (Å²) in [5.41, 5.74) is 7.98. The molecule has 1 aliphatic carbocycles. The second-order valence-electron chi connectivity index (χ2n) is 9.89. The number of piperidine rings is 1. The predicted molar refractivity (Wildman–Crippen MR) is 149 cm³/mol. The van der Waals surface area contributed by atoms with Gasteiger partial charge < -0.3 is 10.6 Å². The largest absolute Gasteiger partial charge is 0.355 e. The van der Waals surface area contributed by atoms with Gasteiger partial charge in [-0.25, -0.2) is 29.0 Å². The van der Waals surface area contributed by atoms with Gasteiger partial charge in [0, 0.05) is 48.5 Å². The lowest BCUT2D eigenvalue weighted by atomic mass is 9.91. The molecule has 1 aliphatic heterocycles. The third kappa shape index (κ3) is 4.05. The number of halogens is 2. The molecule has 196 valence electrons. The lowest BCUT2D eigenvalue weighted by molar-refractivity contribution is 0.533. The molecule has 5 heterocycles. The quantitative estimate of drug-likeness (QED) is 0.314. The highest BCUT2D eigenvalue weighted by Gasteiger charge is 2.66. The number of fused-ring (bicyclic) bond motifs is 2. The van der Waals surface area contributed by atoms with Crippen LogP contribution in [0.1, 0.15) is 12.0 Å². The van der Waals surface area contributed by atoms with E-state index in [-0.39, 0.29) is 11.2 Å². The first kappa shape index (κ1) is 24.4. The van der Waals surface area contributed by atoms with Crippen LogP contribution in [-0.4, -0.2) is 49.4 Å². The summed E-state index contributed by atoms with van der Waals surface area (Å²) in [6, 6.07) is 14.6. The highest BCUT2D eigenvalue weighted by Crippen LogP contribution is 2.63. The summed E-state index contributed by atoms with van der Waals surface area (Å²) in [6.07, 6.45) is 7.89. The lowest BCUT2D eigenvalue weighted by Gasteiger charge is -2.27. The number of anilines is 1. The Kier molecular flexibility index (Phi) is 5.98. The molecule has 1 aromatic carbocycles. The number of benzene rings is 1. The van der Waals surface area contributed by atoms with Crippen LogP contribution in [0.2, 0.25) is 5.02 Å². The van der Waals surface area contributed by atoms with E-state index in [1.165, 1.54) is 17.8 Å². The van der Waals surface area contributed by atoms with Gasteiger partial charge in [-0.05, 0) is 54.2 Å².